The van der Waals surface area contributed by atoms with Crippen molar-refractivity contribution >= 4 is 6.29 Å². The standard InChI is InChI=1S/C9H10F2N2O/c1-5-2-7(9(10)11)13-8(3-12)6(5)4-14/h2,4,9H,3,12H2,1H3. The summed E-state index contributed by atoms with van der Waals surface area (Å²) in [5.41, 5.74) is 5.96. The van der Waals surface area contributed by atoms with Crippen molar-refractivity contribution in [2.24, 2.45) is 5.73 Å². The topological polar surface area (TPSA) is 56.0 Å². The van der Waals surface area contributed by atoms with E-state index in [1.54, 1.807) is 6.92 Å². The van der Waals surface area contributed by atoms with E-state index in [4.69, 9.17) is 5.73 Å². The smallest absolute Gasteiger partial charge is 0.280 e. The van der Waals surface area contributed by atoms with Gasteiger partial charge in [-0.05, 0) is 18.6 Å². The van der Waals surface area contributed by atoms with Crippen LogP contribution in [0, 0.1) is 6.92 Å². The molecule has 1 aromatic rings. The molecule has 0 atom stereocenters. The lowest BCUT2D eigenvalue weighted by atomic mass is 10.1. The van der Waals surface area contributed by atoms with Gasteiger partial charge in [-0.1, -0.05) is 0 Å². The first-order valence-corrected chi connectivity index (χ1v) is 4.04. The molecule has 0 bridgehead atoms. The fourth-order valence-electron chi connectivity index (χ4n) is 1.20. The summed E-state index contributed by atoms with van der Waals surface area (Å²) in [5.74, 6) is 0. The van der Waals surface area contributed by atoms with Gasteiger partial charge in [0.1, 0.15) is 5.69 Å². The molecule has 14 heavy (non-hydrogen) atoms. The Morgan fingerprint density at radius 2 is 2.29 bits per heavy atom. The number of alkyl halides is 2. The SMILES string of the molecule is Cc1cc(C(F)F)nc(CN)c1C=O. The molecule has 0 aromatic carbocycles. The van der Waals surface area contributed by atoms with Crippen LogP contribution >= 0.6 is 0 Å². The maximum atomic E-state index is 12.3. The number of aryl methyl sites for hydroxylation is 1. The van der Waals surface area contributed by atoms with Gasteiger partial charge in [0, 0.05) is 12.1 Å². The number of halogens is 2. The van der Waals surface area contributed by atoms with E-state index in [2.05, 4.69) is 4.98 Å². The van der Waals surface area contributed by atoms with Gasteiger partial charge >= 0.3 is 0 Å². The minimum absolute atomic E-state index is 0.0184. The third kappa shape index (κ3) is 1.93. The average Bonchev–Trinajstić information content (AvgIpc) is 2.16. The number of aromatic nitrogens is 1. The van der Waals surface area contributed by atoms with E-state index < -0.39 is 6.43 Å². The van der Waals surface area contributed by atoms with Crippen molar-refractivity contribution in [1.29, 1.82) is 0 Å². The lowest BCUT2D eigenvalue weighted by Gasteiger charge is -2.07. The highest BCUT2D eigenvalue weighted by Crippen LogP contribution is 2.20. The average molecular weight is 200 g/mol. The molecule has 1 rings (SSSR count). The Bertz CT molecular complexity index is 353. The van der Waals surface area contributed by atoms with Gasteiger partial charge in [0.15, 0.2) is 6.29 Å². The predicted molar refractivity (Wildman–Crippen MR) is 47.2 cm³/mol. The molecule has 0 aliphatic heterocycles. The van der Waals surface area contributed by atoms with E-state index in [1.807, 2.05) is 0 Å². The lowest BCUT2D eigenvalue weighted by Crippen LogP contribution is -2.08. The quantitative estimate of drug-likeness (QED) is 0.754. The predicted octanol–water partition coefficient (Wildman–Crippen LogP) is 1.60. The number of hydrogen-bond donors (Lipinski definition) is 1. The van der Waals surface area contributed by atoms with Gasteiger partial charge in [0.2, 0.25) is 0 Å². The Balaban J connectivity index is 3.31. The molecule has 0 amide bonds. The maximum Gasteiger partial charge on any atom is 0.280 e. The number of nitrogens with two attached hydrogens (primary N) is 1. The van der Waals surface area contributed by atoms with Crippen LogP contribution < -0.4 is 5.73 Å². The summed E-state index contributed by atoms with van der Waals surface area (Å²) in [6.45, 7) is 1.56. The largest absolute Gasteiger partial charge is 0.325 e. The van der Waals surface area contributed by atoms with Gasteiger partial charge < -0.3 is 5.73 Å². The molecular weight excluding hydrogens is 190 g/mol. The van der Waals surface area contributed by atoms with Crippen LogP contribution in [0.5, 0.6) is 0 Å². The molecule has 0 unspecified atom stereocenters. The molecular formula is C9H10F2N2O. The number of hydrogen-bond acceptors (Lipinski definition) is 3. The minimum atomic E-state index is -2.64. The molecule has 3 nitrogen and oxygen atoms in total. The van der Waals surface area contributed by atoms with Gasteiger partial charge in [-0.15, -0.1) is 0 Å². The maximum absolute atomic E-state index is 12.3. The molecule has 0 fully saturated rings. The highest BCUT2D eigenvalue weighted by Gasteiger charge is 2.14. The summed E-state index contributed by atoms with van der Waals surface area (Å²) in [4.78, 5) is 14.2. The summed E-state index contributed by atoms with van der Waals surface area (Å²) in [5, 5.41) is 0. The van der Waals surface area contributed by atoms with Crippen molar-refractivity contribution in [3.63, 3.8) is 0 Å². The van der Waals surface area contributed by atoms with Crippen molar-refractivity contribution in [2.45, 2.75) is 19.9 Å². The molecule has 0 saturated carbocycles. The van der Waals surface area contributed by atoms with Gasteiger partial charge in [0.05, 0.1) is 5.69 Å². The third-order valence-electron chi connectivity index (χ3n) is 1.90. The minimum Gasteiger partial charge on any atom is -0.325 e. The molecule has 1 aromatic heterocycles. The summed E-state index contributed by atoms with van der Waals surface area (Å²) >= 11 is 0. The van der Waals surface area contributed by atoms with E-state index in [1.165, 1.54) is 6.07 Å². The second-order valence-corrected chi connectivity index (χ2v) is 2.85. The van der Waals surface area contributed by atoms with Gasteiger partial charge in [0.25, 0.3) is 6.43 Å². The first kappa shape index (κ1) is 10.7. The molecule has 1 heterocycles. The van der Waals surface area contributed by atoms with Crippen molar-refractivity contribution in [1.82, 2.24) is 4.98 Å². The number of carbonyl (C=O) groups excluding carboxylic acids is 1. The Morgan fingerprint density at radius 1 is 1.64 bits per heavy atom. The van der Waals surface area contributed by atoms with E-state index in [9.17, 15) is 13.6 Å². The van der Waals surface area contributed by atoms with E-state index in [0.29, 0.717) is 17.4 Å². The van der Waals surface area contributed by atoms with Crippen molar-refractivity contribution in [2.75, 3.05) is 0 Å². The second-order valence-electron chi connectivity index (χ2n) is 2.85. The van der Waals surface area contributed by atoms with Crippen LogP contribution in [-0.4, -0.2) is 11.3 Å². The Hall–Kier alpha value is -1.36. The molecule has 0 aliphatic carbocycles. The molecule has 0 aliphatic rings. The van der Waals surface area contributed by atoms with Crippen LogP contribution in [0.15, 0.2) is 6.07 Å². The van der Waals surface area contributed by atoms with Crippen LogP contribution in [0.2, 0.25) is 0 Å². The van der Waals surface area contributed by atoms with Gasteiger partial charge in [-0.25, -0.2) is 13.8 Å². The summed E-state index contributed by atoms with van der Waals surface area (Å²) in [6, 6.07) is 1.20. The summed E-state index contributed by atoms with van der Waals surface area (Å²) < 4.78 is 24.6. The molecule has 0 saturated heterocycles. The van der Waals surface area contributed by atoms with Crippen LogP contribution in [0.25, 0.3) is 0 Å². The van der Waals surface area contributed by atoms with Crippen LogP contribution in [-0.2, 0) is 6.54 Å². The first-order chi connectivity index (χ1) is 6.60. The van der Waals surface area contributed by atoms with Gasteiger partial charge in [-0.2, -0.15) is 0 Å². The van der Waals surface area contributed by atoms with E-state index in [0.717, 1.165) is 0 Å². The summed E-state index contributed by atoms with van der Waals surface area (Å²) in [7, 11) is 0. The monoisotopic (exact) mass is 200 g/mol. The number of carbonyl (C=O) groups is 1. The molecule has 5 heteroatoms. The van der Waals surface area contributed by atoms with Crippen LogP contribution in [0.1, 0.15) is 33.7 Å². The highest BCUT2D eigenvalue weighted by molar-refractivity contribution is 5.78. The van der Waals surface area contributed by atoms with Crippen molar-refractivity contribution in [3.8, 4) is 0 Å². The number of aldehydes is 1. The van der Waals surface area contributed by atoms with Gasteiger partial charge in [-0.3, -0.25) is 4.79 Å². The molecule has 76 valence electrons. The zero-order valence-electron chi connectivity index (χ0n) is 7.63. The second kappa shape index (κ2) is 4.23. The molecule has 0 spiro atoms. The normalized spacial score (nSPS) is 10.6. The number of pyridine rings is 1. The number of nitrogens with zero attached hydrogens (tertiary/aromatic N) is 1. The van der Waals surface area contributed by atoms with Crippen molar-refractivity contribution < 1.29 is 13.6 Å². The fourth-order valence-corrected chi connectivity index (χ4v) is 1.20. The zero-order valence-corrected chi connectivity index (χ0v) is 7.63. The zero-order chi connectivity index (χ0) is 10.7. The van der Waals surface area contributed by atoms with Crippen LogP contribution in [0.4, 0.5) is 8.78 Å². The fraction of sp³-hybridized carbons (Fsp3) is 0.333. The van der Waals surface area contributed by atoms with E-state index in [-0.39, 0.29) is 17.9 Å². The third-order valence-corrected chi connectivity index (χ3v) is 1.90. The molecule has 2 N–H and O–H groups in total. The Morgan fingerprint density at radius 3 is 2.71 bits per heavy atom. The first-order valence-electron chi connectivity index (χ1n) is 4.04. The summed E-state index contributed by atoms with van der Waals surface area (Å²) in [6.07, 6.45) is -2.06. The number of rotatable bonds is 3. The lowest BCUT2D eigenvalue weighted by molar-refractivity contribution is 0.112. The Labute approximate surface area is 79.9 Å². The van der Waals surface area contributed by atoms with Crippen LogP contribution in [0.3, 0.4) is 0 Å². The van der Waals surface area contributed by atoms with Crippen molar-refractivity contribution in [3.05, 3.63) is 28.6 Å². The Kier molecular flexibility index (Phi) is 3.24. The highest BCUT2D eigenvalue weighted by atomic mass is 19.3. The molecule has 0 radical (unpaired) electrons. The van der Waals surface area contributed by atoms with E-state index >= 15 is 0 Å².